The van der Waals surface area contributed by atoms with E-state index in [1.807, 2.05) is 12.1 Å². The van der Waals surface area contributed by atoms with Gasteiger partial charge in [-0.05, 0) is 43.0 Å². The van der Waals surface area contributed by atoms with E-state index in [9.17, 15) is 5.11 Å². The normalized spacial score (nSPS) is 31.8. The molecule has 0 aromatic heterocycles. The van der Waals surface area contributed by atoms with Gasteiger partial charge in [-0.25, -0.2) is 0 Å². The summed E-state index contributed by atoms with van der Waals surface area (Å²) in [5, 5.41) is 11.8. The first-order valence-electron chi connectivity index (χ1n) is 7.73. The topological polar surface area (TPSA) is 38.7 Å². The highest BCUT2D eigenvalue weighted by Gasteiger charge is 2.41. The second kappa shape index (κ2) is 5.45. The maximum atomic E-state index is 11.0. The maximum absolute atomic E-state index is 11.0. The number of halogens is 1. The first kappa shape index (κ1) is 15.1. The number of ether oxygens (including phenoxy) is 2. The van der Waals surface area contributed by atoms with Crippen LogP contribution in [-0.2, 0) is 17.6 Å². The summed E-state index contributed by atoms with van der Waals surface area (Å²) in [6.07, 6.45) is 3.69. The minimum Gasteiger partial charge on any atom is -0.493 e. The summed E-state index contributed by atoms with van der Waals surface area (Å²) in [6.45, 7) is 5.49. The molecule has 1 fully saturated rings. The first-order chi connectivity index (χ1) is 9.93. The first-order valence-corrected chi connectivity index (χ1v) is 8.11. The Balaban J connectivity index is 1.86. The third-order valence-corrected chi connectivity index (χ3v) is 5.03. The molecule has 1 aromatic carbocycles. The highest BCUT2D eigenvalue weighted by molar-refractivity contribution is 6.30. The SMILES string of the molecule is CCC1(C)CC(O)(Cc2cc(Cl)cc3c2OCC3)CCO1. The Morgan fingerprint density at radius 3 is 2.90 bits per heavy atom. The fourth-order valence-electron chi connectivity index (χ4n) is 3.53. The lowest BCUT2D eigenvalue weighted by Gasteiger charge is -2.43. The van der Waals surface area contributed by atoms with Crippen LogP contribution in [0.3, 0.4) is 0 Å². The summed E-state index contributed by atoms with van der Waals surface area (Å²) in [5.41, 5.74) is 1.20. The lowest BCUT2D eigenvalue weighted by Crippen LogP contribution is -2.48. The molecule has 4 heteroatoms. The number of hydrogen-bond donors (Lipinski definition) is 1. The van der Waals surface area contributed by atoms with Gasteiger partial charge in [-0.2, -0.15) is 0 Å². The van der Waals surface area contributed by atoms with Crippen molar-refractivity contribution in [3.05, 3.63) is 28.3 Å². The van der Waals surface area contributed by atoms with Gasteiger partial charge in [-0.1, -0.05) is 18.5 Å². The maximum Gasteiger partial charge on any atom is 0.126 e. The van der Waals surface area contributed by atoms with Gasteiger partial charge in [0.1, 0.15) is 5.75 Å². The van der Waals surface area contributed by atoms with E-state index in [-0.39, 0.29) is 5.60 Å². The van der Waals surface area contributed by atoms with Crippen LogP contribution in [0.15, 0.2) is 12.1 Å². The van der Waals surface area contributed by atoms with E-state index in [1.54, 1.807) is 0 Å². The van der Waals surface area contributed by atoms with Crippen molar-refractivity contribution >= 4 is 11.6 Å². The van der Waals surface area contributed by atoms with Crippen LogP contribution in [0.5, 0.6) is 5.75 Å². The van der Waals surface area contributed by atoms with Gasteiger partial charge in [0.2, 0.25) is 0 Å². The van der Waals surface area contributed by atoms with E-state index in [4.69, 9.17) is 21.1 Å². The molecule has 116 valence electrons. The average molecular weight is 311 g/mol. The van der Waals surface area contributed by atoms with E-state index in [2.05, 4.69) is 13.8 Å². The molecule has 1 saturated heterocycles. The molecule has 0 bridgehead atoms. The molecule has 2 unspecified atom stereocenters. The summed E-state index contributed by atoms with van der Waals surface area (Å²) >= 11 is 6.21. The molecule has 2 atom stereocenters. The molecule has 0 aliphatic carbocycles. The van der Waals surface area contributed by atoms with Crippen molar-refractivity contribution in [2.24, 2.45) is 0 Å². The van der Waals surface area contributed by atoms with Gasteiger partial charge < -0.3 is 14.6 Å². The molecule has 21 heavy (non-hydrogen) atoms. The smallest absolute Gasteiger partial charge is 0.126 e. The summed E-state index contributed by atoms with van der Waals surface area (Å²) < 4.78 is 11.6. The van der Waals surface area contributed by atoms with E-state index >= 15 is 0 Å². The molecule has 1 aromatic rings. The highest BCUT2D eigenvalue weighted by atomic mass is 35.5. The largest absolute Gasteiger partial charge is 0.493 e. The average Bonchev–Trinajstić information content (AvgIpc) is 2.86. The van der Waals surface area contributed by atoms with E-state index < -0.39 is 5.60 Å². The predicted molar refractivity (Wildman–Crippen MR) is 83.2 cm³/mol. The molecule has 0 radical (unpaired) electrons. The Kier molecular flexibility index (Phi) is 3.93. The predicted octanol–water partition coefficient (Wildman–Crippen LogP) is 3.53. The summed E-state index contributed by atoms with van der Waals surface area (Å²) in [7, 11) is 0. The number of hydrogen-bond acceptors (Lipinski definition) is 3. The van der Waals surface area contributed by atoms with Gasteiger partial charge in [0, 0.05) is 24.3 Å². The fourth-order valence-corrected chi connectivity index (χ4v) is 3.80. The number of fused-ring (bicyclic) bond motifs is 1. The van der Waals surface area contributed by atoms with Gasteiger partial charge in [0.05, 0.1) is 24.4 Å². The molecule has 2 aliphatic heterocycles. The summed E-state index contributed by atoms with van der Waals surface area (Å²) in [5.74, 6) is 0.928. The van der Waals surface area contributed by atoms with Crippen molar-refractivity contribution in [1.82, 2.24) is 0 Å². The third-order valence-electron chi connectivity index (χ3n) is 4.81. The Bertz CT molecular complexity index is 545. The van der Waals surface area contributed by atoms with Crippen molar-refractivity contribution in [1.29, 1.82) is 0 Å². The van der Waals surface area contributed by atoms with Crippen LogP contribution in [0.25, 0.3) is 0 Å². The van der Waals surface area contributed by atoms with Crippen LogP contribution in [0.4, 0.5) is 0 Å². The van der Waals surface area contributed by atoms with Crippen molar-refractivity contribution in [2.45, 2.75) is 57.2 Å². The van der Waals surface area contributed by atoms with Gasteiger partial charge in [0.15, 0.2) is 0 Å². The van der Waals surface area contributed by atoms with Crippen LogP contribution in [0.1, 0.15) is 44.2 Å². The minimum absolute atomic E-state index is 0.240. The van der Waals surface area contributed by atoms with Crippen molar-refractivity contribution in [3.63, 3.8) is 0 Å². The van der Waals surface area contributed by atoms with Crippen LogP contribution in [0.2, 0.25) is 5.02 Å². The van der Waals surface area contributed by atoms with E-state index in [1.165, 1.54) is 0 Å². The van der Waals surface area contributed by atoms with Crippen LogP contribution < -0.4 is 4.74 Å². The number of aliphatic hydroxyl groups is 1. The standard InChI is InChI=1S/C17H23ClO3/c1-3-16(2)11-17(19,5-7-21-16)10-13-9-14(18)8-12-4-6-20-15(12)13/h8-9,19H,3-7,10-11H2,1-2H3. The number of benzene rings is 1. The summed E-state index contributed by atoms with van der Waals surface area (Å²) in [6, 6.07) is 3.90. The zero-order valence-electron chi connectivity index (χ0n) is 12.7. The molecular formula is C17H23ClO3. The van der Waals surface area contributed by atoms with Crippen molar-refractivity contribution in [3.8, 4) is 5.75 Å². The molecule has 2 aliphatic rings. The Labute approximate surface area is 131 Å². The van der Waals surface area contributed by atoms with Crippen LogP contribution in [0, 0.1) is 0 Å². The Morgan fingerprint density at radius 2 is 2.14 bits per heavy atom. The second-order valence-corrected chi connectivity index (χ2v) is 7.07. The van der Waals surface area contributed by atoms with Gasteiger partial charge in [-0.15, -0.1) is 0 Å². The molecule has 2 heterocycles. The van der Waals surface area contributed by atoms with Crippen molar-refractivity contribution < 1.29 is 14.6 Å². The fraction of sp³-hybridized carbons (Fsp3) is 0.647. The lowest BCUT2D eigenvalue weighted by molar-refractivity contribution is -0.153. The molecule has 3 rings (SSSR count). The third kappa shape index (κ3) is 3.05. The Morgan fingerprint density at radius 1 is 1.33 bits per heavy atom. The van der Waals surface area contributed by atoms with Crippen LogP contribution >= 0.6 is 11.6 Å². The van der Waals surface area contributed by atoms with Crippen LogP contribution in [-0.4, -0.2) is 29.5 Å². The monoisotopic (exact) mass is 310 g/mol. The minimum atomic E-state index is -0.743. The van der Waals surface area contributed by atoms with Crippen molar-refractivity contribution in [2.75, 3.05) is 13.2 Å². The highest BCUT2D eigenvalue weighted by Crippen LogP contribution is 2.40. The molecule has 0 spiro atoms. The second-order valence-electron chi connectivity index (χ2n) is 6.63. The van der Waals surface area contributed by atoms with Gasteiger partial charge in [-0.3, -0.25) is 0 Å². The molecule has 0 saturated carbocycles. The van der Waals surface area contributed by atoms with E-state index in [0.29, 0.717) is 32.5 Å². The van der Waals surface area contributed by atoms with Gasteiger partial charge in [0.25, 0.3) is 0 Å². The zero-order valence-corrected chi connectivity index (χ0v) is 13.5. The molecule has 0 amide bonds. The molecule has 3 nitrogen and oxygen atoms in total. The molecular weight excluding hydrogens is 288 g/mol. The van der Waals surface area contributed by atoms with Gasteiger partial charge >= 0.3 is 0 Å². The zero-order chi connectivity index (χ0) is 15.1. The lowest BCUT2D eigenvalue weighted by atomic mass is 9.78. The number of rotatable bonds is 3. The summed E-state index contributed by atoms with van der Waals surface area (Å²) in [4.78, 5) is 0. The van der Waals surface area contributed by atoms with E-state index in [0.717, 1.165) is 34.7 Å². The molecule has 1 N–H and O–H groups in total. The quantitative estimate of drug-likeness (QED) is 0.928. The Hall–Kier alpha value is -0.770.